The Bertz CT molecular complexity index is 930. The van der Waals surface area contributed by atoms with Gasteiger partial charge in [-0.1, -0.05) is 54.6 Å². The summed E-state index contributed by atoms with van der Waals surface area (Å²) in [5.41, 5.74) is 3.71. The van der Waals surface area contributed by atoms with E-state index in [9.17, 15) is 14.8 Å². The standard InChI is InChI=1S/C21H25BN4O3/c1-2-16-7-6-8-17(13-16)14-20(22(28)29)23-21(27)12-11-18-15-26(25-24-18)19-9-4-3-5-10-19/h3-10,13,15,20,28-29H,2,11-12,14H2,1H3,(H,23,27)/t20-/m0/s1. The van der Waals surface area contributed by atoms with E-state index >= 15 is 0 Å². The molecule has 0 aliphatic heterocycles. The van der Waals surface area contributed by atoms with Crippen LogP contribution in [-0.2, 0) is 24.1 Å². The Kier molecular flexibility index (Phi) is 7.16. The normalized spacial score (nSPS) is 11.8. The second-order valence-corrected chi connectivity index (χ2v) is 6.96. The predicted molar refractivity (Wildman–Crippen MR) is 111 cm³/mol. The molecule has 8 heteroatoms. The molecule has 1 atom stereocenters. The summed E-state index contributed by atoms with van der Waals surface area (Å²) in [6.07, 6.45) is 3.64. The number of carbonyl (C=O) groups excluding carboxylic acids is 1. The lowest BCUT2D eigenvalue weighted by molar-refractivity contribution is -0.121. The molecule has 0 spiro atoms. The number of aromatic nitrogens is 3. The molecule has 3 aromatic rings. The van der Waals surface area contributed by atoms with Crippen LogP contribution in [0.15, 0.2) is 60.8 Å². The molecule has 150 valence electrons. The van der Waals surface area contributed by atoms with Crippen LogP contribution in [0.3, 0.4) is 0 Å². The lowest BCUT2D eigenvalue weighted by Gasteiger charge is -2.18. The molecule has 3 rings (SSSR count). The Labute approximate surface area is 170 Å². The van der Waals surface area contributed by atoms with Crippen LogP contribution in [0.25, 0.3) is 5.69 Å². The zero-order valence-electron chi connectivity index (χ0n) is 16.4. The highest BCUT2D eigenvalue weighted by atomic mass is 16.4. The van der Waals surface area contributed by atoms with Crippen LogP contribution in [0.2, 0.25) is 0 Å². The third-order valence-electron chi connectivity index (χ3n) is 4.73. The van der Waals surface area contributed by atoms with Gasteiger partial charge >= 0.3 is 7.12 Å². The Morgan fingerprint density at radius 2 is 1.90 bits per heavy atom. The zero-order valence-corrected chi connectivity index (χ0v) is 16.4. The van der Waals surface area contributed by atoms with E-state index in [1.165, 1.54) is 5.56 Å². The maximum atomic E-state index is 12.3. The maximum Gasteiger partial charge on any atom is 0.475 e. The smallest absolute Gasteiger partial charge is 0.426 e. The topological polar surface area (TPSA) is 100 Å². The summed E-state index contributed by atoms with van der Waals surface area (Å²) < 4.78 is 1.66. The van der Waals surface area contributed by atoms with Gasteiger partial charge in [-0.25, -0.2) is 4.68 Å². The first-order chi connectivity index (χ1) is 14.0. The number of hydrogen-bond acceptors (Lipinski definition) is 5. The van der Waals surface area contributed by atoms with Crippen molar-refractivity contribution in [2.75, 3.05) is 0 Å². The fourth-order valence-corrected chi connectivity index (χ4v) is 3.10. The van der Waals surface area contributed by atoms with E-state index in [-0.39, 0.29) is 12.3 Å². The molecule has 0 aliphatic rings. The van der Waals surface area contributed by atoms with Crippen LogP contribution in [0.5, 0.6) is 0 Å². The molecule has 1 heterocycles. The van der Waals surface area contributed by atoms with Crippen molar-refractivity contribution in [3.63, 3.8) is 0 Å². The SMILES string of the molecule is CCc1cccc(C[C@H](NC(=O)CCc2cn(-c3ccccc3)nn2)B(O)O)c1. The van der Waals surface area contributed by atoms with Crippen LogP contribution >= 0.6 is 0 Å². The van der Waals surface area contributed by atoms with Crippen molar-refractivity contribution >= 4 is 13.0 Å². The van der Waals surface area contributed by atoms with E-state index < -0.39 is 13.1 Å². The first-order valence-electron chi connectivity index (χ1n) is 9.75. The minimum atomic E-state index is -1.64. The predicted octanol–water partition coefficient (Wildman–Crippen LogP) is 1.50. The maximum absolute atomic E-state index is 12.3. The van der Waals surface area contributed by atoms with Crippen molar-refractivity contribution in [1.29, 1.82) is 0 Å². The average Bonchev–Trinajstić information content (AvgIpc) is 3.21. The van der Waals surface area contributed by atoms with Gasteiger partial charge in [-0.15, -0.1) is 5.10 Å². The molecule has 7 nitrogen and oxygen atoms in total. The number of nitrogens with one attached hydrogen (secondary N) is 1. The number of carbonyl (C=O) groups is 1. The molecular formula is C21H25BN4O3. The first kappa shape index (κ1) is 20.8. The second kappa shape index (κ2) is 10.00. The van der Waals surface area contributed by atoms with Gasteiger partial charge in [0.05, 0.1) is 23.5 Å². The fourth-order valence-electron chi connectivity index (χ4n) is 3.10. The van der Waals surface area contributed by atoms with Crippen molar-refractivity contribution in [3.8, 4) is 5.69 Å². The lowest BCUT2D eigenvalue weighted by Crippen LogP contribution is -2.48. The van der Waals surface area contributed by atoms with Gasteiger partial charge in [0.2, 0.25) is 5.91 Å². The van der Waals surface area contributed by atoms with Gasteiger partial charge in [0.1, 0.15) is 0 Å². The van der Waals surface area contributed by atoms with Crippen molar-refractivity contribution in [2.24, 2.45) is 0 Å². The molecule has 0 saturated carbocycles. The van der Waals surface area contributed by atoms with Crippen molar-refractivity contribution < 1.29 is 14.8 Å². The lowest BCUT2D eigenvalue weighted by atomic mass is 9.75. The average molecular weight is 392 g/mol. The number of rotatable bonds is 9. The molecule has 0 saturated heterocycles. The number of benzene rings is 2. The molecule has 0 unspecified atom stereocenters. The van der Waals surface area contributed by atoms with Crippen molar-refractivity contribution in [2.45, 2.75) is 38.5 Å². The van der Waals surface area contributed by atoms with E-state index in [1.54, 1.807) is 10.9 Å². The first-order valence-corrected chi connectivity index (χ1v) is 9.75. The number of para-hydroxylation sites is 1. The Morgan fingerprint density at radius 3 is 2.62 bits per heavy atom. The van der Waals surface area contributed by atoms with Gasteiger partial charge in [0, 0.05) is 12.8 Å². The highest BCUT2D eigenvalue weighted by molar-refractivity contribution is 6.43. The summed E-state index contributed by atoms with van der Waals surface area (Å²) in [4.78, 5) is 12.3. The summed E-state index contributed by atoms with van der Waals surface area (Å²) in [6, 6.07) is 17.5. The van der Waals surface area contributed by atoms with Crippen molar-refractivity contribution in [3.05, 3.63) is 77.6 Å². The summed E-state index contributed by atoms with van der Waals surface area (Å²) >= 11 is 0. The number of aryl methyl sites for hydroxylation is 2. The van der Waals surface area contributed by atoms with Crippen LogP contribution in [0, 0.1) is 0 Å². The minimum absolute atomic E-state index is 0.186. The van der Waals surface area contributed by atoms with Gasteiger partial charge < -0.3 is 15.4 Å². The van der Waals surface area contributed by atoms with Gasteiger partial charge in [0.15, 0.2) is 0 Å². The number of amides is 1. The molecule has 1 amide bonds. The van der Waals surface area contributed by atoms with Gasteiger partial charge in [0.25, 0.3) is 0 Å². The van der Waals surface area contributed by atoms with E-state index in [0.29, 0.717) is 18.5 Å². The molecule has 0 bridgehead atoms. The quantitative estimate of drug-likeness (QED) is 0.480. The molecule has 0 aliphatic carbocycles. The number of nitrogens with zero attached hydrogens (tertiary/aromatic N) is 3. The summed E-state index contributed by atoms with van der Waals surface area (Å²) in [7, 11) is -1.64. The monoisotopic (exact) mass is 392 g/mol. The van der Waals surface area contributed by atoms with E-state index in [2.05, 4.69) is 22.6 Å². The third kappa shape index (κ3) is 6.00. The molecular weight excluding hydrogens is 367 g/mol. The largest absolute Gasteiger partial charge is 0.475 e. The van der Waals surface area contributed by atoms with E-state index in [4.69, 9.17) is 0 Å². The van der Waals surface area contributed by atoms with Gasteiger partial charge in [-0.3, -0.25) is 4.79 Å². The fraction of sp³-hybridized carbons (Fsp3) is 0.286. The molecule has 29 heavy (non-hydrogen) atoms. The van der Waals surface area contributed by atoms with Crippen LogP contribution in [-0.4, -0.2) is 44.0 Å². The molecule has 0 fully saturated rings. The number of hydrogen-bond donors (Lipinski definition) is 3. The zero-order chi connectivity index (χ0) is 20.6. The molecule has 0 radical (unpaired) electrons. The highest BCUT2D eigenvalue weighted by Gasteiger charge is 2.25. The van der Waals surface area contributed by atoms with E-state index in [1.807, 2.05) is 54.6 Å². The third-order valence-corrected chi connectivity index (χ3v) is 4.73. The Hall–Kier alpha value is -2.97. The van der Waals surface area contributed by atoms with Crippen LogP contribution in [0.4, 0.5) is 0 Å². The summed E-state index contributed by atoms with van der Waals surface area (Å²) in [5.74, 6) is -1.03. The van der Waals surface area contributed by atoms with Crippen molar-refractivity contribution in [1.82, 2.24) is 20.3 Å². The van der Waals surface area contributed by atoms with Gasteiger partial charge in [-0.05, 0) is 36.1 Å². The minimum Gasteiger partial charge on any atom is -0.426 e. The highest BCUT2D eigenvalue weighted by Crippen LogP contribution is 2.10. The summed E-state index contributed by atoms with van der Waals surface area (Å²) in [5, 5.41) is 30.3. The van der Waals surface area contributed by atoms with Crippen LogP contribution in [0.1, 0.15) is 30.2 Å². The Balaban J connectivity index is 1.55. The molecule has 3 N–H and O–H groups in total. The molecule has 1 aromatic heterocycles. The van der Waals surface area contributed by atoms with Crippen LogP contribution < -0.4 is 5.32 Å². The molecule has 2 aromatic carbocycles. The summed E-state index contributed by atoms with van der Waals surface area (Å²) in [6.45, 7) is 2.06. The van der Waals surface area contributed by atoms with Gasteiger partial charge in [-0.2, -0.15) is 0 Å². The Morgan fingerprint density at radius 1 is 1.14 bits per heavy atom. The second-order valence-electron chi connectivity index (χ2n) is 6.96. The van der Waals surface area contributed by atoms with E-state index in [0.717, 1.165) is 17.7 Å².